The van der Waals surface area contributed by atoms with Crippen molar-refractivity contribution < 1.29 is 52.6 Å². The Morgan fingerprint density at radius 1 is 0.744 bits per heavy atom. The van der Waals surface area contributed by atoms with Crippen LogP contribution in [-0.2, 0) is 47.8 Å². The number of amides is 5. The van der Waals surface area contributed by atoms with Crippen molar-refractivity contribution in [3.05, 3.63) is 39.4 Å². The van der Waals surface area contributed by atoms with Crippen molar-refractivity contribution in [1.29, 1.82) is 0 Å². The molecular weight excluding hydrogens is 1220 g/mol. The third-order valence-electron chi connectivity index (χ3n) is 14.8. The summed E-state index contributed by atoms with van der Waals surface area (Å²) >= 11 is 4.62. The number of likely N-dealkylation sites (tertiary alicyclic amines) is 2. The number of carbonyl (C=O) groups is 9. The number of hydrogen-bond donors (Lipinski definition) is 4. The van der Waals surface area contributed by atoms with Gasteiger partial charge in [0.05, 0.1) is 38.9 Å². The average Bonchev–Trinajstić information content (AvgIpc) is 2.58. The molecule has 2 aliphatic heterocycles. The highest BCUT2D eigenvalue weighted by Gasteiger charge is 2.39. The highest BCUT2D eigenvalue weighted by Crippen LogP contribution is 2.32. The largest absolute Gasteiger partial charge is 0.474 e. The van der Waals surface area contributed by atoms with E-state index in [9.17, 15) is 43.2 Å². The van der Waals surface area contributed by atoms with Gasteiger partial charge in [-0.25, -0.2) is 14.6 Å². The lowest BCUT2D eigenvalue weighted by molar-refractivity contribution is -0.141. The zero-order chi connectivity index (χ0) is 63.7. The second-order valence-electron chi connectivity index (χ2n) is 21.7. The number of thiazole rings is 1. The monoisotopic (exact) mass is 1330 g/mol. The minimum absolute atomic E-state index is 0. The number of nitrogens with zero attached hydrogens (tertiary/aromatic N) is 8. The van der Waals surface area contributed by atoms with E-state index >= 15 is 0 Å². The van der Waals surface area contributed by atoms with E-state index < -0.39 is 30.1 Å². The zero-order valence-electron chi connectivity index (χ0n) is 55.1. The Kier molecular flexibility index (Phi) is 53.8. The summed E-state index contributed by atoms with van der Waals surface area (Å²) in [5.74, 6) is -1.48. The Morgan fingerprint density at radius 2 is 1.15 bits per heavy atom. The topological polar surface area (TPSA) is 259 Å². The van der Waals surface area contributed by atoms with E-state index in [4.69, 9.17) is 11.3 Å². The van der Waals surface area contributed by atoms with Gasteiger partial charge in [0.25, 0.3) is 5.70 Å². The molecule has 0 radical (unpaired) electrons. The van der Waals surface area contributed by atoms with E-state index in [1.165, 1.54) is 52.7 Å². The number of hydrogen-bond acceptors (Lipinski definition) is 17. The number of nitrogens with one attached hydrogen (secondary N) is 2. The normalized spacial score (nSPS) is 16.9. The standard InChI is InChI=1S/C28H47N5O5S.C20H37N3O3.C7H10N2O2.C2H4OS.CH5N.4H2S/c1-10-18(4)24(30-25(35)21-13-11-12-14-31(21)6)27(36)33(8)22(17(2)3)15-23(32(7)19(5)34)26-29-20(16-39-26)28(37)38-9;1-7-15(4)18(20(26)23(6)16(11-13-24)14(2)3)21-19(25)17-10-8-9-12-22(17)5;1-8-6(5-9(2)3)7(10)11-4;1-2(3)4;1-2;;;;/h16-18,21-24H,10-15H2,1-9H3,(H,30,35);13-18H,7-12H2,1-6H3,(H,21,25);5H,2-4H3;1H3,(H,3,4);2H2,1H3;4*1H2/b;;6-5+;;;;;;. The molecule has 86 heavy (non-hydrogen) atoms. The van der Waals surface area contributed by atoms with Crippen molar-refractivity contribution in [2.45, 2.75) is 176 Å². The van der Waals surface area contributed by atoms with Gasteiger partial charge in [0, 0.05) is 79.2 Å². The predicted molar refractivity (Wildman–Crippen MR) is 368 cm³/mol. The van der Waals surface area contributed by atoms with E-state index in [1.54, 1.807) is 60.2 Å². The van der Waals surface area contributed by atoms with Crippen LogP contribution in [0.5, 0.6) is 0 Å². The van der Waals surface area contributed by atoms with Crippen molar-refractivity contribution in [1.82, 2.24) is 45.0 Å². The third-order valence-corrected chi connectivity index (χ3v) is 15.7. The van der Waals surface area contributed by atoms with Gasteiger partial charge in [0.1, 0.15) is 23.4 Å². The SMILES string of the molecule is CC(=O)S.CCC(C)C(NC(=O)C1CCCCN1C)C(=O)N(C)C(CC(c1nc(C(=O)OC)cs1)N(C)C(C)=O)C(C)C.CCC(C)C(NC(=O)C1CCCCN1C)C(=O)N(C)C(CC=O)C(C)C.CN.S.S.S.S.[C-]#[N+]/C(=C/N(C)C)C(=O)OC. The van der Waals surface area contributed by atoms with E-state index in [0.717, 1.165) is 70.7 Å². The molecule has 28 heteroatoms. The maximum atomic E-state index is 14.0. The van der Waals surface area contributed by atoms with Crippen molar-refractivity contribution in [3.8, 4) is 0 Å². The number of ether oxygens (including phenoxy) is 2. The van der Waals surface area contributed by atoms with Crippen LogP contribution in [0, 0.1) is 30.2 Å². The van der Waals surface area contributed by atoms with Gasteiger partial charge in [-0.2, -0.15) is 54.0 Å². The second kappa shape index (κ2) is 49.8. The van der Waals surface area contributed by atoms with Gasteiger partial charge in [0.2, 0.25) is 29.5 Å². The first-order chi connectivity index (χ1) is 38.4. The summed E-state index contributed by atoms with van der Waals surface area (Å²) in [6.07, 6.45) is 10.4. The molecule has 2 aliphatic rings. The number of methoxy groups -OCH3 is 2. The van der Waals surface area contributed by atoms with Crippen LogP contribution in [0.1, 0.15) is 155 Å². The second-order valence-corrected chi connectivity index (χ2v) is 23.2. The Balaban J connectivity index is -0.000000293. The van der Waals surface area contributed by atoms with Gasteiger partial charge in [-0.1, -0.05) is 81.1 Å². The van der Waals surface area contributed by atoms with Crippen LogP contribution in [0.3, 0.4) is 0 Å². The van der Waals surface area contributed by atoms with E-state index in [0.29, 0.717) is 17.8 Å². The summed E-state index contributed by atoms with van der Waals surface area (Å²) in [4.78, 5) is 127. The molecule has 0 aliphatic carbocycles. The summed E-state index contributed by atoms with van der Waals surface area (Å²) in [5, 5.41) is 8.20. The number of esters is 2. The molecule has 1 aromatic heterocycles. The van der Waals surface area contributed by atoms with Crippen LogP contribution in [0.2, 0.25) is 0 Å². The Labute approximate surface area is 553 Å². The molecule has 22 nitrogen and oxygen atoms in total. The maximum absolute atomic E-state index is 14.0. The minimum atomic E-state index is -0.654. The van der Waals surface area contributed by atoms with Crippen molar-refractivity contribution in [3.63, 3.8) is 0 Å². The molecule has 0 spiro atoms. The van der Waals surface area contributed by atoms with Crippen LogP contribution >= 0.6 is 77.9 Å². The number of aromatic nitrogens is 1. The maximum Gasteiger partial charge on any atom is 0.357 e. The lowest BCUT2D eigenvalue weighted by Crippen LogP contribution is -2.58. The highest BCUT2D eigenvalue weighted by atomic mass is 32.1. The molecule has 2 saturated heterocycles. The lowest BCUT2D eigenvalue weighted by atomic mass is 9.91. The first-order valence-electron chi connectivity index (χ1n) is 28.3. The highest BCUT2D eigenvalue weighted by molar-refractivity contribution is 7.96. The minimum Gasteiger partial charge on any atom is -0.474 e. The molecule has 2 fully saturated rings. The van der Waals surface area contributed by atoms with Crippen molar-refractivity contribution in [2.75, 3.05) is 83.7 Å². The first-order valence-corrected chi connectivity index (χ1v) is 29.6. The summed E-state index contributed by atoms with van der Waals surface area (Å²) < 4.78 is 9.16. The van der Waals surface area contributed by atoms with E-state index in [1.807, 2.05) is 69.5 Å². The van der Waals surface area contributed by atoms with Gasteiger partial charge in [-0.05, 0) is 90.0 Å². The molecule has 1 aromatic rings. The number of rotatable bonds is 23. The van der Waals surface area contributed by atoms with E-state index in [-0.39, 0.29) is 148 Å². The summed E-state index contributed by atoms with van der Waals surface area (Å²) in [6, 6.07) is -2.45. The Bertz CT molecular complexity index is 2240. The van der Waals surface area contributed by atoms with Crippen LogP contribution in [0.4, 0.5) is 0 Å². The molecule has 9 unspecified atom stereocenters. The van der Waals surface area contributed by atoms with Crippen LogP contribution < -0.4 is 16.4 Å². The summed E-state index contributed by atoms with van der Waals surface area (Å²) in [6.45, 7) is 27.4. The van der Waals surface area contributed by atoms with Gasteiger partial charge in [-0.3, -0.25) is 43.4 Å². The fraction of sp³-hybridized carbons (Fsp3) is 0.741. The van der Waals surface area contributed by atoms with Gasteiger partial charge in [0.15, 0.2) is 10.8 Å². The van der Waals surface area contributed by atoms with E-state index in [2.05, 4.69) is 53.4 Å². The molecule has 0 saturated carbocycles. The molecule has 500 valence electrons. The quantitative estimate of drug-likeness (QED) is 0.0305. The molecule has 9 atom stereocenters. The lowest BCUT2D eigenvalue weighted by Gasteiger charge is -2.39. The van der Waals surface area contributed by atoms with Gasteiger partial charge >= 0.3 is 11.9 Å². The van der Waals surface area contributed by atoms with Gasteiger partial charge in [-0.15, -0.1) is 24.0 Å². The van der Waals surface area contributed by atoms with Gasteiger partial charge < -0.3 is 50.2 Å². The zero-order valence-corrected chi connectivity index (χ0v) is 60.8. The summed E-state index contributed by atoms with van der Waals surface area (Å²) in [5.41, 5.74) is 4.68. The molecule has 0 bridgehead atoms. The average molecular weight is 1330 g/mol. The predicted octanol–water partition coefficient (Wildman–Crippen LogP) is 6.38. The molecule has 4 N–H and O–H groups in total. The fourth-order valence-electron chi connectivity index (χ4n) is 9.29. The van der Waals surface area contributed by atoms with Crippen molar-refractivity contribution in [2.24, 2.45) is 29.4 Å². The smallest absolute Gasteiger partial charge is 0.357 e. The van der Waals surface area contributed by atoms with Crippen molar-refractivity contribution >= 4 is 131 Å². The molecule has 3 heterocycles. The summed E-state index contributed by atoms with van der Waals surface area (Å²) in [7, 11) is 16.6. The molecule has 0 aromatic carbocycles. The van der Waals surface area contributed by atoms with Crippen LogP contribution in [0.15, 0.2) is 17.3 Å². The molecular formula is C58H111N11O11S6. The number of nitrogens with two attached hydrogens (primary N) is 1. The number of likely N-dealkylation sites (N-methyl/N-ethyl adjacent to an activating group) is 4. The molecule has 3 rings (SSSR count). The Morgan fingerprint density at radius 3 is 1.47 bits per heavy atom. The first kappa shape index (κ1) is 93.1. The number of piperidine rings is 2. The third kappa shape index (κ3) is 32.4. The number of carbonyl (C=O) groups excluding carboxylic acids is 9. The van der Waals surface area contributed by atoms with Crippen LogP contribution in [0.25, 0.3) is 4.85 Å². The number of aldehydes is 1. The molecule has 5 amide bonds. The van der Waals surface area contributed by atoms with Crippen LogP contribution in [-0.4, -0.2) is 207 Å². The number of thiol groups is 1. The Hall–Kier alpha value is -4.08. The fourth-order valence-corrected chi connectivity index (χ4v) is 10.2.